The van der Waals surface area contributed by atoms with Crippen molar-refractivity contribution in [3.8, 4) is 22.2 Å². The maximum absolute atomic E-state index is 13.4. The zero-order chi connectivity index (χ0) is 19.7. The lowest BCUT2D eigenvalue weighted by atomic mass is 10.2. The summed E-state index contributed by atoms with van der Waals surface area (Å²) in [6, 6.07) is 10.9. The van der Waals surface area contributed by atoms with E-state index >= 15 is 0 Å². The molecule has 0 spiro atoms. The Morgan fingerprint density at radius 3 is 2.61 bits per heavy atom. The number of hydrogen-bond acceptors (Lipinski definition) is 5. The van der Waals surface area contributed by atoms with Crippen molar-refractivity contribution in [2.75, 3.05) is 5.32 Å². The summed E-state index contributed by atoms with van der Waals surface area (Å²) in [5.74, 6) is -1.03. The van der Waals surface area contributed by atoms with Crippen LogP contribution in [-0.2, 0) is 0 Å². The number of rotatable bonds is 4. The molecule has 1 amide bonds. The van der Waals surface area contributed by atoms with Crippen LogP contribution < -0.4 is 5.32 Å². The second-order valence-corrected chi connectivity index (χ2v) is 7.00. The van der Waals surface area contributed by atoms with E-state index in [-0.39, 0.29) is 28.1 Å². The van der Waals surface area contributed by atoms with E-state index in [2.05, 4.69) is 15.5 Å². The molecule has 1 N–H and O–H groups in total. The SMILES string of the molecule is O=C(Nc1ccsc1-c1nc(-c2ccc(F)cc2)no1)c1cc(F)ccc1Cl. The number of thiophene rings is 1. The van der Waals surface area contributed by atoms with Crippen molar-refractivity contribution in [1.82, 2.24) is 10.1 Å². The van der Waals surface area contributed by atoms with Crippen LogP contribution in [0.1, 0.15) is 10.4 Å². The number of nitrogens with one attached hydrogen (secondary N) is 1. The Balaban J connectivity index is 1.60. The first kappa shape index (κ1) is 18.3. The molecule has 0 unspecified atom stereocenters. The maximum atomic E-state index is 13.4. The molecule has 0 saturated carbocycles. The highest BCUT2D eigenvalue weighted by molar-refractivity contribution is 7.14. The summed E-state index contributed by atoms with van der Waals surface area (Å²) in [4.78, 5) is 17.3. The molecule has 5 nitrogen and oxygen atoms in total. The molecule has 0 saturated heterocycles. The molecule has 0 fully saturated rings. The minimum absolute atomic E-state index is 0.0105. The van der Waals surface area contributed by atoms with E-state index in [9.17, 15) is 13.6 Å². The zero-order valence-corrected chi connectivity index (χ0v) is 15.5. The summed E-state index contributed by atoms with van der Waals surface area (Å²) >= 11 is 7.26. The number of benzene rings is 2. The molecule has 140 valence electrons. The summed E-state index contributed by atoms with van der Waals surface area (Å²) in [6.07, 6.45) is 0. The molecule has 0 aliphatic heterocycles. The van der Waals surface area contributed by atoms with Crippen LogP contribution in [0.15, 0.2) is 58.4 Å². The lowest BCUT2D eigenvalue weighted by Gasteiger charge is -2.06. The van der Waals surface area contributed by atoms with Gasteiger partial charge in [0, 0.05) is 5.56 Å². The molecular formula is C19H10ClF2N3O2S. The third kappa shape index (κ3) is 3.64. The van der Waals surface area contributed by atoms with Gasteiger partial charge in [-0.05, 0) is 53.9 Å². The van der Waals surface area contributed by atoms with Crippen LogP contribution in [0.4, 0.5) is 14.5 Å². The van der Waals surface area contributed by atoms with Crippen LogP contribution in [0.5, 0.6) is 0 Å². The highest BCUT2D eigenvalue weighted by Gasteiger charge is 2.19. The van der Waals surface area contributed by atoms with E-state index in [1.165, 1.54) is 47.7 Å². The number of halogens is 3. The highest BCUT2D eigenvalue weighted by atomic mass is 35.5. The van der Waals surface area contributed by atoms with Crippen molar-refractivity contribution < 1.29 is 18.1 Å². The van der Waals surface area contributed by atoms with Gasteiger partial charge in [-0.25, -0.2) is 8.78 Å². The first-order valence-electron chi connectivity index (χ1n) is 7.95. The van der Waals surface area contributed by atoms with E-state index in [4.69, 9.17) is 16.1 Å². The highest BCUT2D eigenvalue weighted by Crippen LogP contribution is 2.34. The Kier molecular flexibility index (Phi) is 4.89. The largest absolute Gasteiger partial charge is 0.333 e. The van der Waals surface area contributed by atoms with Gasteiger partial charge >= 0.3 is 0 Å². The Bertz CT molecular complexity index is 1160. The quantitative estimate of drug-likeness (QED) is 0.466. The fourth-order valence-electron chi connectivity index (χ4n) is 2.47. The smallest absolute Gasteiger partial charge is 0.270 e. The Morgan fingerprint density at radius 2 is 1.82 bits per heavy atom. The number of nitrogens with zero attached hydrogens (tertiary/aromatic N) is 2. The number of carbonyl (C=O) groups is 1. The zero-order valence-electron chi connectivity index (χ0n) is 13.9. The van der Waals surface area contributed by atoms with Crippen LogP contribution >= 0.6 is 22.9 Å². The number of carbonyl (C=O) groups excluding carboxylic acids is 1. The van der Waals surface area contributed by atoms with Crippen LogP contribution in [0, 0.1) is 11.6 Å². The van der Waals surface area contributed by atoms with Gasteiger partial charge in [0.1, 0.15) is 16.5 Å². The topological polar surface area (TPSA) is 68.0 Å². The van der Waals surface area contributed by atoms with Crippen molar-refractivity contribution in [1.29, 1.82) is 0 Å². The summed E-state index contributed by atoms with van der Waals surface area (Å²) in [5.41, 5.74) is 1.02. The van der Waals surface area contributed by atoms with E-state index in [1.54, 1.807) is 11.4 Å². The minimum atomic E-state index is -0.569. The molecular weight excluding hydrogens is 408 g/mol. The Hall–Kier alpha value is -3.10. The Morgan fingerprint density at radius 1 is 1.07 bits per heavy atom. The van der Waals surface area contributed by atoms with E-state index in [0.29, 0.717) is 16.1 Å². The van der Waals surface area contributed by atoms with Crippen LogP contribution in [0.2, 0.25) is 5.02 Å². The predicted octanol–water partition coefficient (Wildman–Crippen LogP) is 5.65. The van der Waals surface area contributed by atoms with Crippen LogP contribution in [0.25, 0.3) is 22.2 Å². The van der Waals surface area contributed by atoms with E-state index in [0.717, 1.165) is 6.07 Å². The predicted molar refractivity (Wildman–Crippen MR) is 102 cm³/mol. The lowest BCUT2D eigenvalue weighted by molar-refractivity contribution is 0.102. The van der Waals surface area contributed by atoms with Gasteiger partial charge in [0.2, 0.25) is 5.82 Å². The van der Waals surface area contributed by atoms with Gasteiger partial charge in [-0.2, -0.15) is 4.98 Å². The van der Waals surface area contributed by atoms with Gasteiger partial charge in [0.15, 0.2) is 0 Å². The van der Waals surface area contributed by atoms with Crippen LogP contribution in [-0.4, -0.2) is 16.0 Å². The standard InChI is InChI=1S/C19H10ClF2N3O2S/c20-14-6-5-12(22)9-13(14)18(26)23-15-7-8-28-16(15)19-24-17(25-27-19)10-1-3-11(21)4-2-10/h1-9H,(H,23,26). The van der Waals surface area contributed by atoms with Gasteiger partial charge in [0.05, 0.1) is 16.3 Å². The lowest BCUT2D eigenvalue weighted by Crippen LogP contribution is -2.12. The first-order chi connectivity index (χ1) is 13.5. The van der Waals surface area contributed by atoms with Crippen LogP contribution in [0.3, 0.4) is 0 Å². The molecule has 0 aliphatic carbocycles. The monoisotopic (exact) mass is 417 g/mol. The van der Waals surface area contributed by atoms with Crippen molar-refractivity contribution in [3.63, 3.8) is 0 Å². The second kappa shape index (κ2) is 7.49. The fraction of sp³-hybridized carbons (Fsp3) is 0. The molecule has 0 bridgehead atoms. The number of amides is 1. The molecule has 2 heterocycles. The number of aromatic nitrogens is 2. The third-order valence-corrected chi connectivity index (χ3v) is 5.04. The van der Waals surface area contributed by atoms with Crippen molar-refractivity contribution >= 4 is 34.5 Å². The van der Waals surface area contributed by atoms with Gasteiger partial charge < -0.3 is 9.84 Å². The van der Waals surface area contributed by atoms with E-state index < -0.39 is 11.7 Å². The van der Waals surface area contributed by atoms with Crippen molar-refractivity contribution in [2.45, 2.75) is 0 Å². The molecule has 0 atom stereocenters. The van der Waals surface area contributed by atoms with Crippen molar-refractivity contribution in [2.24, 2.45) is 0 Å². The number of anilines is 1. The molecule has 2 aromatic heterocycles. The Labute approximate surface area is 166 Å². The maximum Gasteiger partial charge on any atom is 0.270 e. The molecule has 9 heteroatoms. The molecule has 4 rings (SSSR count). The van der Waals surface area contributed by atoms with Gasteiger partial charge in [-0.1, -0.05) is 16.8 Å². The molecule has 0 radical (unpaired) electrons. The average molecular weight is 418 g/mol. The van der Waals surface area contributed by atoms with Crippen molar-refractivity contribution in [3.05, 3.63) is 76.1 Å². The average Bonchev–Trinajstić information content (AvgIpc) is 3.33. The van der Waals surface area contributed by atoms with Gasteiger partial charge in [-0.15, -0.1) is 11.3 Å². The summed E-state index contributed by atoms with van der Waals surface area (Å²) in [6.45, 7) is 0. The molecule has 4 aromatic rings. The number of hydrogen-bond donors (Lipinski definition) is 1. The summed E-state index contributed by atoms with van der Waals surface area (Å²) in [7, 11) is 0. The molecule has 0 aliphatic rings. The molecule has 28 heavy (non-hydrogen) atoms. The first-order valence-corrected chi connectivity index (χ1v) is 9.21. The normalized spacial score (nSPS) is 10.8. The minimum Gasteiger partial charge on any atom is -0.333 e. The molecule has 2 aromatic carbocycles. The fourth-order valence-corrected chi connectivity index (χ4v) is 3.44. The van der Waals surface area contributed by atoms with Gasteiger partial charge in [-0.3, -0.25) is 4.79 Å². The summed E-state index contributed by atoms with van der Waals surface area (Å²) < 4.78 is 31.8. The summed E-state index contributed by atoms with van der Waals surface area (Å²) in [5, 5.41) is 8.43. The van der Waals surface area contributed by atoms with Gasteiger partial charge in [0.25, 0.3) is 11.8 Å². The second-order valence-electron chi connectivity index (χ2n) is 5.67. The third-order valence-electron chi connectivity index (χ3n) is 3.81. The van der Waals surface area contributed by atoms with E-state index in [1.807, 2.05) is 0 Å².